The van der Waals surface area contributed by atoms with E-state index in [0.29, 0.717) is 24.5 Å². The molecule has 2 N–H and O–H groups in total. The van der Waals surface area contributed by atoms with Crippen molar-refractivity contribution in [3.8, 4) is 0 Å². The van der Waals surface area contributed by atoms with E-state index in [9.17, 15) is 18.4 Å². The van der Waals surface area contributed by atoms with Crippen LogP contribution < -0.4 is 19.2 Å². The van der Waals surface area contributed by atoms with Crippen molar-refractivity contribution in [3.05, 3.63) is 77.2 Å². The first-order chi connectivity index (χ1) is 17.9. The van der Waals surface area contributed by atoms with E-state index in [2.05, 4.69) is 25.0 Å². The number of amides is 3. The van der Waals surface area contributed by atoms with Crippen LogP contribution in [0.1, 0.15) is 11.3 Å². The number of anilines is 2. The van der Waals surface area contributed by atoms with Gasteiger partial charge < -0.3 is 10.2 Å². The van der Waals surface area contributed by atoms with Crippen LogP contribution in [0.25, 0.3) is 10.2 Å². The Hall–Kier alpha value is -3.84. The van der Waals surface area contributed by atoms with Gasteiger partial charge >= 0.3 is 6.03 Å². The lowest BCUT2D eigenvalue weighted by Gasteiger charge is -2.25. The molecule has 0 fully saturated rings. The molecule has 5 rings (SSSR count). The van der Waals surface area contributed by atoms with Gasteiger partial charge in [0.15, 0.2) is 5.82 Å². The van der Waals surface area contributed by atoms with Crippen LogP contribution in [-0.2, 0) is 17.6 Å². The summed E-state index contributed by atoms with van der Waals surface area (Å²) < 4.78 is 33.1. The molecule has 0 radical (unpaired) electrons. The fourth-order valence-corrected chi connectivity index (χ4v) is 5.34. The number of nitrogens with one attached hydrogen (secondary N) is 2. The SMILES string of the molecule is CN(C(=O)C(Cc1cc(F)cc(F)c1)NC(=O)NSN1CCc2nccnc21)c1ccc2scnc2c1. The highest BCUT2D eigenvalue weighted by molar-refractivity contribution is 7.99. The highest BCUT2D eigenvalue weighted by Crippen LogP contribution is 2.28. The lowest BCUT2D eigenvalue weighted by Crippen LogP contribution is -2.51. The van der Waals surface area contributed by atoms with Gasteiger partial charge in [0, 0.05) is 50.6 Å². The molecular formula is C24H21F2N7O2S2. The number of hydrogen-bond acceptors (Lipinski definition) is 8. The minimum atomic E-state index is -1.11. The van der Waals surface area contributed by atoms with E-state index in [0.717, 1.165) is 46.2 Å². The molecule has 3 amide bonds. The second-order valence-electron chi connectivity index (χ2n) is 8.28. The number of carbonyl (C=O) groups excluding carboxylic acids is 2. The normalized spacial score (nSPS) is 13.3. The predicted molar refractivity (Wildman–Crippen MR) is 139 cm³/mol. The Morgan fingerprint density at radius 3 is 2.73 bits per heavy atom. The third-order valence-corrected chi connectivity index (χ3v) is 7.45. The summed E-state index contributed by atoms with van der Waals surface area (Å²) in [4.78, 5) is 40.5. The summed E-state index contributed by atoms with van der Waals surface area (Å²) in [5.41, 5.74) is 4.09. The molecule has 9 nitrogen and oxygen atoms in total. The molecule has 0 spiro atoms. The van der Waals surface area contributed by atoms with Crippen LogP contribution in [0.2, 0.25) is 0 Å². The number of carbonyl (C=O) groups is 2. The van der Waals surface area contributed by atoms with Crippen LogP contribution in [0.15, 0.2) is 54.3 Å². The Labute approximate surface area is 219 Å². The number of aromatic nitrogens is 3. The lowest BCUT2D eigenvalue weighted by molar-refractivity contribution is -0.120. The van der Waals surface area contributed by atoms with Crippen molar-refractivity contribution in [2.24, 2.45) is 0 Å². The largest absolute Gasteiger partial charge is 0.326 e. The maximum Gasteiger partial charge on any atom is 0.326 e. The van der Waals surface area contributed by atoms with Crippen molar-refractivity contribution in [2.75, 3.05) is 22.8 Å². The highest BCUT2D eigenvalue weighted by atomic mass is 32.2. The Morgan fingerprint density at radius 1 is 1.14 bits per heavy atom. The van der Waals surface area contributed by atoms with Crippen LogP contribution in [0.3, 0.4) is 0 Å². The maximum absolute atomic E-state index is 13.8. The number of benzene rings is 2. The first-order valence-corrected chi connectivity index (χ1v) is 12.9. The fraction of sp³-hybridized carbons (Fsp3) is 0.208. The monoisotopic (exact) mass is 541 g/mol. The standard InChI is InChI=1S/C24H21F2N7O2S2/c1-32(17-2-3-21-19(12-17)29-13-36-21)23(34)20(10-14-8-15(25)11-16(26)9-14)30-24(35)31-37-33-7-4-18-22(33)28-6-5-27-18/h2-3,5-6,8-9,11-13,20H,4,7,10H2,1H3,(H2,30,31,35). The molecule has 1 aliphatic heterocycles. The molecule has 0 saturated heterocycles. The van der Waals surface area contributed by atoms with Crippen molar-refractivity contribution >= 4 is 57.1 Å². The second kappa shape index (κ2) is 10.6. The second-order valence-corrected chi connectivity index (χ2v) is 10.00. The van der Waals surface area contributed by atoms with Crippen molar-refractivity contribution < 1.29 is 18.4 Å². The average molecular weight is 542 g/mol. The van der Waals surface area contributed by atoms with Gasteiger partial charge in [0.05, 0.1) is 33.6 Å². The van der Waals surface area contributed by atoms with E-state index in [-0.39, 0.29) is 12.0 Å². The molecule has 37 heavy (non-hydrogen) atoms. The molecule has 0 aliphatic carbocycles. The van der Waals surface area contributed by atoms with Crippen LogP contribution in [-0.4, -0.2) is 46.5 Å². The first-order valence-electron chi connectivity index (χ1n) is 11.2. The zero-order valence-electron chi connectivity index (χ0n) is 19.5. The van der Waals surface area contributed by atoms with E-state index in [1.807, 2.05) is 6.07 Å². The molecule has 3 heterocycles. The number of nitrogens with zero attached hydrogens (tertiary/aromatic N) is 5. The Bertz CT molecular complexity index is 1450. The predicted octanol–water partition coefficient (Wildman–Crippen LogP) is 3.86. The summed E-state index contributed by atoms with van der Waals surface area (Å²) in [5, 5.41) is 2.65. The number of thiazole rings is 1. The number of halogens is 2. The Morgan fingerprint density at radius 2 is 1.92 bits per heavy atom. The van der Waals surface area contributed by atoms with Gasteiger partial charge in [-0.15, -0.1) is 11.3 Å². The quantitative estimate of drug-likeness (QED) is 0.343. The molecular weight excluding hydrogens is 520 g/mol. The minimum absolute atomic E-state index is 0.118. The van der Waals surface area contributed by atoms with Gasteiger partial charge in [-0.1, -0.05) is 0 Å². The van der Waals surface area contributed by atoms with Gasteiger partial charge in [-0.25, -0.2) is 23.5 Å². The Balaban J connectivity index is 1.32. The smallest absolute Gasteiger partial charge is 0.325 e. The van der Waals surface area contributed by atoms with Gasteiger partial charge in [0.2, 0.25) is 5.91 Å². The van der Waals surface area contributed by atoms with Crippen molar-refractivity contribution in [2.45, 2.75) is 18.9 Å². The van der Waals surface area contributed by atoms with Crippen LogP contribution in [0, 0.1) is 11.6 Å². The molecule has 190 valence electrons. The van der Waals surface area contributed by atoms with Crippen LogP contribution in [0.4, 0.5) is 25.1 Å². The van der Waals surface area contributed by atoms with Gasteiger partial charge in [-0.2, -0.15) is 0 Å². The molecule has 13 heteroatoms. The summed E-state index contributed by atoms with van der Waals surface area (Å²) in [7, 11) is 1.57. The van der Waals surface area contributed by atoms with Gasteiger partial charge in [-0.05, 0) is 35.9 Å². The van der Waals surface area contributed by atoms with Crippen molar-refractivity contribution in [1.29, 1.82) is 0 Å². The fourth-order valence-electron chi connectivity index (χ4n) is 4.01. The molecule has 2 aromatic heterocycles. The third-order valence-electron chi connectivity index (χ3n) is 5.79. The molecule has 1 aliphatic rings. The van der Waals surface area contributed by atoms with Gasteiger partial charge in [-0.3, -0.25) is 18.8 Å². The van der Waals surface area contributed by atoms with E-state index in [1.54, 1.807) is 41.4 Å². The summed E-state index contributed by atoms with van der Waals surface area (Å²) >= 11 is 2.51. The zero-order valence-corrected chi connectivity index (χ0v) is 21.2. The number of likely N-dealkylation sites (N-methyl/N-ethyl adjacent to an activating group) is 1. The molecule has 4 aromatic rings. The van der Waals surface area contributed by atoms with Gasteiger partial charge in [0.1, 0.15) is 17.7 Å². The van der Waals surface area contributed by atoms with Gasteiger partial charge in [0.25, 0.3) is 0 Å². The number of urea groups is 1. The topological polar surface area (TPSA) is 103 Å². The lowest BCUT2D eigenvalue weighted by atomic mass is 10.0. The number of rotatable bonds is 7. The summed E-state index contributed by atoms with van der Waals surface area (Å²) in [6.45, 7) is 0.608. The molecule has 0 saturated carbocycles. The summed E-state index contributed by atoms with van der Waals surface area (Å²) in [5.74, 6) is -1.33. The van der Waals surface area contributed by atoms with E-state index in [1.165, 1.54) is 16.2 Å². The molecule has 1 unspecified atom stereocenters. The molecule has 0 bridgehead atoms. The number of hydrogen-bond donors (Lipinski definition) is 2. The van der Waals surface area contributed by atoms with Crippen LogP contribution >= 0.6 is 23.5 Å². The Kier molecular flexibility index (Phi) is 7.15. The maximum atomic E-state index is 13.8. The zero-order chi connectivity index (χ0) is 25.9. The highest BCUT2D eigenvalue weighted by Gasteiger charge is 2.27. The third kappa shape index (κ3) is 5.62. The van der Waals surface area contributed by atoms with Crippen molar-refractivity contribution in [1.82, 2.24) is 25.0 Å². The van der Waals surface area contributed by atoms with Crippen LogP contribution in [0.5, 0.6) is 0 Å². The minimum Gasteiger partial charge on any atom is -0.325 e. The number of fused-ring (bicyclic) bond motifs is 2. The first kappa shape index (κ1) is 24.8. The van der Waals surface area contributed by atoms with Crippen molar-refractivity contribution in [3.63, 3.8) is 0 Å². The van der Waals surface area contributed by atoms with E-state index in [4.69, 9.17) is 0 Å². The molecule has 2 aromatic carbocycles. The summed E-state index contributed by atoms with van der Waals surface area (Å²) in [6.07, 6.45) is 3.76. The summed E-state index contributed by atoms with van der Waals surface area (Å²) in [6, 6.07) is 6.69. The van der Waals surface area contributed by atoms with E-state index < -0.39 is 29.6 Å². The van der Waals surface area contributed by atoms with E-state index >= 15 is 0 Å². The average Bonchev–Trinajstić information content (AvgIpc) is 3.52. The molecule has 1 atom stereocenters.